The predicted molar refractivity (Wildman–Crippen MR) is 204 cm³/mol. The van der Waals surface area contributed by atoms with Crippen LogP contribution in [0.2, 0.25) is 18.1 Å². The van der Waals surface area contributed by atoms with Gasteiger partial charge >= 0.3 is 0 Å². The fourth-order valence-corrected chi connectivity index (χ4v) is 7.34. The van der Waals surface area contributed by atoms with Crippen LogP contribution in [-0.4, -0.2) is 91.9 Å². The van der Waals surface area contributed by atoms with E-state index in [-0.39, 0.29) is 64.4 Å². The van der Waals surface area contributed by atoms with E-state index in [0.29, 0.717) is 50.9 Å². The van der Waals surface area contributed by atoms with E-state index < -0.39 is 35.7 Å². The van der Waals surface area contributed by atoms with E-state index in [1.165, 1.54) is 31.4 Å². The van der Waals surface area contributed by atoms with E-state index in [9.17, 15) is 29.8 Å². The molecule has 2 atom stereocenters. The third-order valence-corrected chi connectivity index (χ3v) is 14.9. The van der Waals surface area contributed by atoms with Gasteiger partial charge in [0.25, 0.3) is 23.2 Å². The summed E-state index contributed by atoms with van der Waals surface area (Å²) in [5.74, 6) is -0.454. The summed E-state index contributed by atoms with van der Waals surface area (Å²) in [6.07, 6.45) is 2.20. The van der Waals surface area contributed by atoms with Crippen LogP contribution in [0.5, 0.6) is 17.2 Å². The summed E-state index contributed by atoms with van der Waals surface area (Å²) in [7, 11) is -0.721. The molecule has 15 heteroatoms. The van der Waals surface area contributed by atoms with Gasteiger partial charge in [0, 0.05) is 31.6 Å². The molecular formula is C38H52N4O10Si. The third kappa shape index (κ3) is 9.25. The molecule has 0 unspecified atom stereocenters. The van der Waals surface area contributed by atoms with Crippen LogP contribution in [0.25, 0.3) is 0 Å². The van der Waals surface area contributed by atoms with Crippen LogP contribution in [0.15, 0.2) is 48.6 Å². The van der Waals surface area contributed by atoms with E-state index >= 15 is 0 Å². The number of hydrogen-bond acceptors (Lipinski definition) is 10. The van der Waals surface area contributed by atoms with Crippen molar-refractivity contribution in [3.63, 3.8) is 0 Å². The monoisotopic (exact) mass is 752 g/mol. The van der Waals surface area contributed by atoms with E-state index in [1.54, 1.807) is 16.7 Å². The summed E-state index contributed by atoms with van der Waals surface area (Å²) in [4.78, 5) is 53.5. The maximum atomic E-state index is 13.8. The van der Waals surface area contributed by atoms with Gasteiger partial charge in [-0.15, -0.1) is 0 Å². The number of carbonyl (C=O) groups excluding carboxylic acids is 2. The molecule has 288 valence electrons. The Morgan fingerprint density at radius 2 is 1.34 bits per heavy atom. The second-order valence-corrected chi connectivity index (χ2v) is 20.1. The van der Waals surface area contributed by atoms with Crippen LogP contribution in [0.4, 0.5) is 11.4 Å². The highest BCUT2D eigenvalue weighted by atomic mass is 28.4. The number of benzene rings is 2. The largest absolute Gasteiger partial charge is 0.493 e. The molecule has 0 bridgehead atoms. The van der Waals surface area contributed by atoms with Crippen LogP contribution in [0, 0.1) is 27.2 Å². The summed E-state index contributed by atoms with van der Waals surface area (Å²) in [5, 5.41) is 24.2. The Balaban J connectivity index is 1.43. The molecule has 2 aliphatic heterocycles. The lowest BCUT2D eigenvalue weighted by molar-refractivity contribution is -0.385. The van der Waals surface area contributed by atoms with E-state index in [1.807, 2.05) is 6.92 Å². The fourth-order valence-electron chi connectivity index (χ4n) is 6.30. The molecule has 53 heavy (non-hydrogen) atoms. The van der Waals surface area contributed by atoms with Gasteiger partial charge in [-0.25, -0.2) is 0 Å². The van der Waals surface area contributed by atoms with Gasteiger partial charge < -0.3 is 28.4 Å². The molecule has 2 amide bonds. The first-order valence-corrected chi connectivity index (χ1v) is 20.7. The van der Waals surface area contributed by atoms with Crippen molar-refractivity contribution in [2.45, 2.75) is 90.5 Å². The molecule has 0 radical (unpaired) electrons. The van der Waals surface area contributed by atoms with Crippen molar-refractivity contribution in [3.05, 3.63) is 85.5 Å². The van der Waals surface area contributed by atoms with E-state index in [4.69, 9.17) is 18.6 Å². The molecule has 4 rings (SSSR count). The van der Waals surface area contributed by atoms with Crippen molar-refractivity contribution in [3.8, 4) is 17.2 Å². The second-order valence-electron chi connectivity index (χ2n) is 15.3. The molecular weight excluding hydrogens is 701 g/mol. The first-order chi connectivity index (χ1) is 24.8. The number of rotatable bonds is 15. The molecule has 2 aromatic carbocycles. The Morgan fingerprint density at radius 3 is 1.85 bits per heavy atom. The number of ether oxygens (including phenoxy) is 3. The lowest BCUT2D eigenvalue weighted by atomic mass is 10.1. The highest BCUT2D eigenvalue weighted by molar-refractivity contribution is 6.74. The van der Waals surface area contributed by atoms with Crippen molar-refractivity contribution in [2.24, 2.45) is 0 Å². The molecule has 0 aromatic heterocycles. The highest BCUT2D eigenvalue weighted by Crippen LogP contribution is 2.39. The number of nitrogens with zero attached hydrogens (tertiary/aromatic N) is 4. The molecule has 2 aromatic rings. The van der Waals surface area contributed by atoms with E-state index in [0.717, 1.165) is 11.1 Å². The number of hydrogen-bond donors (Lipinski definition) is 0. The van der Waals surface area contributed by atoms with Gasteiger partial charge in [0.2, 0.25) is 0 Å². The number of aryl methyl sites for hydroxylation is 1. The maximum absolute atomic E-state index is 13.8. The summed E-state index contributed by atoms with van der Waals surface area (Å²) >= 11 is 0. The Morgan fingerprint density at radius 1 is 0.849 bits per heavy atom. The quantitative estimate of drug-likeness (QED) is 0.0581. The standard InChI is InChI=1S/C38H52N4O10Si/c1-11-27-15-24(2)21-39(27)37(44)30-18-34(49-8)35(20-32(30)42(47)48)51-14-12-13-50-33-19-31(41(45)46)29(17-26(33)4)36(43)40-22-25(3)16-28(40)23-52-53(9,10)38(5,6)7/h17-20,27-28H,2-3,11-16,21-23H2,1,4-10H3/t27-,28+/m1/s1. The average Bonchev–Trinajstić information content (AvgIpc) is 3.67. The van der Waals surface area contributed by atoms with Gasteiger partial charge in [0.1, 0.15) is 16.9 Å². The normalized spacial score (nSPS) is 17.7. The van der Waals surface area contributed by atoms with E-state index in [2.05, 4.69) is 47.0 Å². The molecule has 0 N–H and O–H groups in total. The summed E-state index contributed by atoms with van der Waals surface area (Å²) in [5.41, 5.74) is 1.38. The first kappa shape index (κ1) is 41.0. The summed E-state index contributed by atoms with van der Waals surface area (Å²) in [6, 6.07) is 4.88. The molecule has 0 saturated carbocycles. The third-order valence-electron chi connectivity index (χ3n) is 10.4. The average molecular weight is 753 g/mol. The second kappa shape index (κ2) is 16.5. The lowest BCUT2D eigenvalue weighted by Gasteiger charge is -2.38. The Hall–Kier alpha value is -4.76. The van der Waals surface area contributed by atoms with Gasteiger partial charge in [-0.05, 0) is 55.9 Å². The smallest absolute Gasteiger partial charge is 0.286 e. The Kier molecular flexibility index (Phi) is 12.8. The molecule has 14 nitrogen and oxygen atoms in total. The molecule has 2 fully saturated rings. The molecule has 2 heterocycles. The van der Waals surface area contributed by atoms with Crippen LogP contribution in [0.1, 0.15) is 79.7 Å². The maximum Gasteiger partial charge on any atom is 0.286 e. The minimum Gasteiger partial charge on any atom is -0.493 e. The predicted octanol–water partition coefficient (Wildman–Crippen LogP) is 7.64. The summed E-state index contributed by atoms with van der Waals surface area (Å²) in [6.45, 7) is 23.5. The zero-order valence-electron chi connectivity index (χ0n) is 32.1. The first-order valence-electron chi connectivity index (χ1n) is 17.8. The van der Waals surface area contributed by atoms with Crippen LogP contribution >= 0.6 is 0 Å². The molecule has 2 saturated heterocycles. The Bertz CT molecular complexity index is 1790. The fraction of sp³-hybridized carbons (Fsp3) is 0.526. The number of nitro benzene ring substituents is 2. The van der Waals surface area contributed by atoms with Crippen molar-refractivity contribution in [1.82, 2.24) is 9.80 Å². The van der Waals surface area contributed by atoms with Gasteiger partial charge in [-0.1, -0.05) is 52.0 Å². The van der Waals surface area contributed by atoms with Gasteiger partial charge in [-0.2, -0.15) is 0 Å². The molecule has 0 aliphatic carbocycles. The topological polar surface area (TPSA) is 164 Å². The Labute approximate surface area is 312 Å². The van der Waals surface area contributed by atoms with Crippen molar-refractivity contribution in [1.29, 1.82) is 0 Å². The summed E-state index contributed by atoms with van der Waals surface area (Å²) < 4.78 is 23.6. The van der Waals surface area contributed by atoms with Gasteiger partial charge in [0.15, 0.2) is 19.8 Å². The van der Waals surface area contributed by atoms with Gasteiger partial charge in [-0.3, -0.25) is 29.8 Å². The zero-order chi connectivity index (χ0) is 39.4. The number of amides is 2. The lowest BCUT2D eigenvalue weighted by Crippen LogP contribution is -2.46. The number of methoxy groups -OCH3 is 1. The number of carbonyl (C=O) groups is 2. The minimum atomic E-state index is -2.10. The van der Waals surface area contributed by atoms with Gasteiger partial charge in [0.05, 0.1) is 55.0 Å². The minimum absolute atomic E-state index is 0.0153. The van der Waals surface area contributed by atoms with Crippen molar-refractivity contribution < 1.29 is 38.1 Å². The number of nitro groups is 2. The van der Waals surface area contributed by atoms with Crippen molar-refractivity contribution in [2.75, 3.05) is 40.0 Å². The van der Waals surface area contributed by atoms with Crippen LogP contribution < -0.4 is 14.2 Å². The van der Waals surface area contributed by atoms with Crippen molar-refractivity contribution >= 4 is 31.5 Å². The van der Waals surface area contributed by atoms with Crippen LogP contribution in [0.3, 0.4) is 0 Å². The highest BCUT2D eigenvalue weighted by Gasteiger charge is 2.41. The molecule has 0 spiro atoms. The molecule has 2 aliphatic rings. The van der Waals surface area contributed by atoms with Crippen LogP contribution in [-0.2, 0) is 4.43 Å². The zero-order valence-corrected chi connectivity index (χ0v) is 33.1. The number of likely N-dealkylation sites (tertiary alicyclic amines) is 2. The SMILES string of the molecule is C=C1C[C@@H](CC)N(C(=O)c2cc(OC)c(OCCCOc3cc([N+](=O)[O-])c(C(=O)N4CC(=C)C[C@H]4CO[Si](C)(C)C(C)(C)C)cc3C)cc2[N+](=O)[O-])C1.